The summed E-state index contributed by atoms with van der Waals surface area (Å²) >= 11 is 0. The lowest BCUT2D eigenvalue weighted by atomic mass is 10.0. The van der Waals surface area contributed by atoms with E-state index in [1.807, 2.05) is 6.92 Å². The zero-order valence-electron chi connectivity index (χ0n) is 14.7. The van der Waals surface area contributed by atoms with Crippen LogP contribution in [-0.4, -0.2) is 67.6 Å². The number of imide groups is 1. The fourth-order valence-corrected chi connectivity index (χ4v) is 3.43. The Bertz CT molecular complexity index is 786. The second-order valence-corrected chi connectivity index (χ2v) is 6.46. The summed E-state index contributed by atoms with van der Waals surface area (Å²) in [5, 5.41) is 15.8. The number of nitrogens with one attached hydrogen (secondary N) is 1. The van der Waals surface area contributed by atoms with Crippen LogP contribution in [0, 0.1) is 0 Å². The third-order valence-electron chi connectivity index (χ3n) is 4.73. The van der Waals surface area contributed by atoms with Crippen LogP contribution < -0.4 is 5.32 Å². The van der Waals surface area contributed by atoms with Gasteiger partial charge < -0.3 is 15.3 Å². The van der Waals surface area contributed by atoms with Crippen LogP contribution in [-0.2, 0) is 29.6 Å². The first kappa shape index (κ1) is 17.9. The van der Waals surface area contributed by atoms with Crippen LogP contribution in [0.1, 0.15) is 41.5 Å². The number of nitrogens with zero attached hydrogens (tertiary/aromatic N) is 4. The Balaban J connectivity index is 1.70. The third kappa shape index (κ3) is 3.02. The van der Waals surface area contributed by atoms with Gasteiger partial charge in [-0.3, -0.25) is 19.2 Å². The van der Waals surface area contributed by atoms with Gasteiger partial charge in [-0.25, -0.2) is 9.59 Å². The van der Waals surface area contributed by atoms with Gasteiger partial charge in [0.2, 0.25) is 5.91 Å². The summed E-state index contributed by atoms with van der Waals surface area (Å²) in [7, 11) is 1.68. The van der Waals surface area contributed by atoms with Crippen LogP contribution in [0.2, 0.25) is 0 Å². The number of carbonyl (C=O) groups excluding carboxylic acids is 3. The van der Waals surface area contributed by atoms with Crippen molar-refractivity contribution in [3.8, 4) is 0 Å². The Morgan fingerprint density at radius 2 is 2.08 bits per heavy atom. The summed E-state index contributed by atoms with van der Waals surface area (Å²) in [4.78, 5) is 50.6. The van der Waals surface area contributed by atoms with E-state index in [4.69, 9.17) is 0 Å². The van der Waals surface area contributed by atoms with Crippen molar-refractivity contribution in [2.45, 2.75) is 38.8 Å². The highest BCUT2D eigenvalue weighted by Gasteiger charge is 2.39. The molecule has 0 unspecified atom stereocenters. The molecule has 1 saturated heterocycles. The average Bonchev–Trinajstić information content (AvgIpc) is 3.07. The maximum Gasteiger partial charge on any atom is 0.356 e. The Labute approximate surface area is 149 Å². The molecule has 0 aromatic carbocycles. The molecular formula is C16H21N5O5. The fourth-order valence-electron chi connectivity index (χ4n) is 3.43. The lowest BCUT2D eigenvalue weighted by molar-refractivity contribution is -0.136. The molecule has 4 amide bonds. The molecule has 26 heavy (non-hydrogen) atoms. The molecule has 0 saturated carbocycles. The molecule has 3 heterocycles. The normalized spacial score (nSPS) is 19.5. The molecule has 140 valence electrons. The highest BCUT2D eigenvalue weighted by atomic mass is 16.4. The van der Waals surface area contributed by atoms with Crippen LogP contribution in [0.4, 0.5) is 4.79 Å². The summed E-state index contributed by atoms with van der Waals surface area (Å²) in [5.74, 6) is -1.83. The number of aromatic nitrogens is 2. The maximum absolute atomic E-state index is 12.6. The summed E-state index contributed by atoms with van der Waals surface area (Å²) < 4.78 is 1.53. The van der Waals surface area contributed by atoms with E-state index < -0.39 is 23.9 Å². The summed E-state index contributed by atoms with van der Waals surface area (Å²) in [6.07, 6.45) is 1.00. The Hall–Kier alpha value is -2.91. The monoisotopic (exact) mass is 363 g/mol. The van der Waals surface area contributed by atoms with Crippen molar-refractivity contribution in [3.05, 3.63) is 17.0 Å². The van der Waals surface area contributed by atoms with Crippen molar-refractivity contribution in [1.29, 1.82) is 0 Å². The van der Waals surface area contributed by atoms with E-state index in [-0.39, 0.29) is 24.6 Å². The third-order valence-corrected chi connectivity index (χ3v) is 4.73. The smallest absolute Gasteiger partial charge is 0.356 e. The Morgan fingerprint density at radius 3 is 2.73 bits per heavy atom. The number of amides is 4. The predicted molar refractivity (Wildman–Crippen MR) is 88.2 cm³/mol. The molecule has 10 nitrogen and oxygen atoms in total. The van der Waals surface area contributed by atoms with E-state index in [9.17, 15) is 24.3 Å². The van der Waals surface area contributed by atoms with Crippen molar-refractivity contribution in [2.24, 2.45) is 7.05 Å². The number of aryl methyl sites for hydroxylation is 1. The lowest BCUT2D eigenvalue weighted by Gasteiger charge is -2.28. The summed E-state index contributed by atoms with van der Waals surface area (Å²) in [6.45, 7) is 2.73. The van der Waals surface area contributed by atoms with Gasteiger partial charge in [-0.15, -0.1) is 0 Å². The zero-order valence-corrected chi connectivity index (χ0v) is 14.7. The van der Waals surface area contributed by atoms with E-state index in [1.165, 1.54) is 9.58 Å². The van der Waals surface area contributed by atoms with Gasteiger partial charge in [-0.05, 0) is 6.42 Å². The van der Waals surface area contributed by atoms with Gasteiger partial charge in [-0.2, -0.15) is 5.10 Å². The maximum atomic E-state index is 12.6. The summed E-state index contributed by atoms with van der Waals surface area (Å²) in [5.41, 5.74) is 1.26. The quantitative estimate of drug-likeness (QED) is 0.694. The predicted octanol–water partition coefficient (Wildman–Crippen LogP) is -0.276. The van der Waals surface area contributed by atoms with Crippen molar-refractivity contribution >= 4 is 23.8 Å². The van der Waals surface area contributed by atoms with E-state index >= 15 is 0 Å². The van der Waals surface area contributed by atoms with Gasteiger partial charge in [0.05, 0.1) is 6.42 Å². The van der Waals surface area contributed by atoms with E-state index in [0.717, 1.165) is 10.6 Å². The molecule has 1 atom stereocenters. The topological polar surface area (TPSA) is 125 Å². The Kier molecular flexibility index (Phi) is 4.66. The molecule has 0 radical (unpaired) electrons. The van der Waals surface area contributed by atoms with Crippen LogP contribution in [0.15, 0.2) is 0 Å². The molecule has 2 aliphatic rings. The molecule has 2 aliphatic heterocycles. The number of urea groups is 1. The van der Waals surface area contributed by atoms with Crippen molar-refractivity contribution < 1.29 is 24.3 Å². The van der Waals surface area contributed by atoms with Crippen LogP contribution in [0.3, 0.4) is 0 Å². The number of carbonyl (C=O) groups is 4. The van der Waals surface area contributed by atoms with Crippen molar-refractivity contribution in [1.82, 2.24) is 24.9 Å². The highest BCUT2D eigenvalue weighted by molar-refractivity contribution is 6.05. The highest BCUT2D eigenvalue weighted by Crippen LogP contribution is 2.23. The van der Waals surface area contributed by atoms with Crippen LogP contribution >= 0.6 is 0 Å². The SMILES string of the molecule is CCCN1C(=O)N[C@@H](CC(=O)N2CCc3c(c(C(=O)O)nn3C)C2)C1=O. The van der Waals surface area contributed by atoms with Gasteiger partial charge in [0, 0.05) is 44.4 Å². The van der Waals surface area contributed by atoms with Crippen LogP contribution in [0.5, 0.6) is 0 Å². The zero-order chi connectivity index (χ0) is 19.0. The minimum absolute atomic E-state index is 0.0561. The van der Waals surface area contributed by atoms with Gasteiger partial charge in [0.25, 0.3) is 5.91 Å². The summed E-state index contributed by atoms with van der Waals surface area (Å²) in [6, 6.07) is -1.34. The number of hydrogen-bond acceptors (Lipinski definition) is 5. The van der Waals surface area contributed by atoms with Gasteiger partial charge in [0.1, 0.15) is 6.04 Å². The van der Waals surface area contributed by atoms with Crippen LogP contribution in [0.25, 0.3) is 0 Å². The van der Waals surface area contributed by atoms with E-state index in [1.54, 1.807) is 7.05 Å². The van der Waals surface area contributed by atoms with E-state index in [2.05, 4.69) is 10.4 Å². The van der Waals surface area contributed by atoms with Crippen molar-refractivity contribution in [3.63, 3.8) is 0 Å². The van der Waals surface area contributed by atoms with Gasteiger partial charge in [-0.1, -0.05) is 6.92 Å². The number of rotatable bonds is 5. The standard InChI is InChI=1S/C16H21N5O5/c1-3-5-21-14(23)10(17-16(21)26)7-12(22)20-6-4-11-9(8-20)13(15(24)25)18-19(11)2/h10H,3-8H2,1-2H3,(H,17,26)(H,24,25)/t10-/m0/s1. The molecule has 0 spiro atoms. The molecule has 0 aliphatic carbocycles. The molecule has 1 aromatic heterocycles. The first-order valence-corrected chi connectivity index (χ1v) is 8.51. The van der Waals surface area contributed by atoms with Gasteiger partial charge in [0.15, 0.2) is 5.69 Å². The molecule has 1 aromatic rings. The number of carboxylic acids is 1. The number of aromatic carboxylic acids is 1. The minimum atomic E-state index is -1.13. The van der Waals surface area contributed by atoms with Crippen molar-refractivity contribution in [2.75, 3.05) is 13.1 Å². The molecule has 2 N–H and O–H groups in total. The minimum Gasteiger partial charge on any atom is -0.476 e. The van der Waals surface area contributed by atoms with Gasteiger partial charge >= 0.3 is 12.0 Å². The average molecular weight is 363 g/mol. The lowest BCUT2D eigenvalue weighted by Crippen LogP contribution is -2.41. The largest absolute Gasteiger partial charge is 0.476 e. The molecular weight excluding hydrogens is 342 g/mol. The number of carboxylic acid groups (broad SMARTS) is 1. The first-order chi connectivity index (χ1) is 12.3. The second kappa shape index (κ2) is 6.77. The molecule has 0 bridgehead atoms. The first-order valence-electron chi connectivity index (χ1n) is 8.51. The number of hydrogen-bond donors (Lipinski definition) is 2. The molecule has 3 rings (SSSR count). The number of fused-ring (bicyclic) bond motifs is 1. The molecule has 10 heteroatoms. The Morgan fingerprint density at radius 1 is 1.35 bits per heavy atom. The molecule has 1 fully saturated rings. The fraction of sp³-hybridized carbons (Fsp3) is 0.562. The van der Waals surface area contributed by atoms with E-state index in [0.29, 0.717) is 31.5 Å². The second-order valence-electron chi connectivity index (χ2n) is 6.46.